The molecule has 0 amide bonds. The van der Waals surface area contributed by atoms with Crippen molar-refractivity contribution in [2.24, 2.45) is 52.3 Å². The molecule has 10 atom stereocenters. The Morgan fingerprint density at radius 2 is 1.59 bits per heavy atom. The van der Waals surface area contributed by atoms with E-state index in [-0.39, 0.29) is 6.10 Å². The number of hydrogen-bond acceptors (Lipinski definition) is 2. The lowest BCUT2D eigenvalue weighted by atomic mass is 9.44. The van der Waals surface area contributed by atoms with Gasteiger partial charge in [0.2, 0.25) is 0 Å². The zero-order chi connectivity index (χ0) is 20.8. The molecule has 0 heterocycles. The second kappa shape index (κ2) is 8.45. The normalized spacial score (nSPS) is 49.0. The van der Waals surface area contributed by atoms with Crippen molar-refractivity contribution in [1.82, 2.24) is 0 Å². The van der Waals surface area contributed by atoms with Gasteiger partial charge in [-0.05, 0) is 116 Å². The van der Waals surface area contributed by atoms with Gasteiger partial charge in [-0.2, -0.15) is 0 Å². The van der Waals surface area contributed by atoms with Crippen molar-refractivity contribution in [3.63, 3.8) is 0 Å². The van der Waals surface area contributed by atoms with Gasteiger partial charge in [-0.25, -0.2) is 0 Å². The van der Waals surface area contributed by atoms with Crippen molar-refractivity contribution in [2.45, 2.75) is 111 Å². The average Bonchev–Trinajstić information content (AvgIpc) is 3.05. The van der Waals surface area contributed by atoms with Gasteiger partial charge >= 0.3 is 0 Å². The number of hydrogen-bond donors (Lipinski definition) is 2. The Bertz CT molecular complexity index is 561. The van der Waals surface area contributed by atoms with E-state index in [9.17, 15) is 10.2 Å². The minimum atomic E-state index is -0.0243. The van der Waals surface area contributed by atoms with Crippen molar-refractivity contribution >= 4 is 0 Å². The summed E-state index contributed by atoms with van der Waals surface area (Å²) in [5, 5.41) is 19.6. The number of aliphatic hydroxyl groups excluding tert-OH is 2. The molecule has 0 aromatic carbocycles. The summed E-state index contributed by atoms with van der Waals surface area (Å²) in [4.78, 5) is 0. The molecule has 168 valence electrons. The highest BCUT2D eigenvalue weighted by Gasteiger charge is 2.60. The van der Waals surface area contributed by atoms with Gasteiger partial charge in [0.1, 0.15) is 0 Å². The molecule has 0 aromatic heterocycles. The fourth-order valence-corrected chi connectivity index (χ4v) is 9.29. The van der Waals surface area contributed by atoms with Crippen LogP contribution < -0.4 is 0 Å². The maximum Gasteiger partial charge on any atom is 0.0543 e. The molecule has 4 rings (SSSR count). The molecular formula is C27H48O2. The zero-order valence-corrected chi connectivity index (χ0v) is 19.7. The molecule has 4 fully saturated rings. The lowest BCUT2D eigenvalue weighted by Crippen LogP contribution is -2.54. The van der Waals surface area contributed by atoms with E-state index in [1.807, 2.05) is 0 Å². The van der Waals surface area contributed by atoms with Crippen LogP contribution in [0.4, 0.5) is 0 Å². The highest BCUT2D eigenvalue weighted by atomic mass is 16.3. The van der Waals surface area contributed by atoms with Gasteiger partial charge < -0.3 is 10.2 Å². The Balaban J connectivity index is 1.43. The zero-order valence-electron chi connectivity index (χ0n) is 19.7. The van der Waals surface area contributed by atoms with Gasteiger partial charge in [0, 0.05) is 6.61 Å². The summed E-state index contributed by atoms with van der Waals surface area (Å²) in [6.45, 7) is 10.4. The maximum absolute atomic E-state index is 10.3. The third-order valence-corrected chi connectivity index (χ3v) is 11.1. The van der Waals surface area contributed by atoms with Crippen LogP contribution in [0.3, 0.4) is 0 Å². The molecule has 0 aromatic rings. The molecule has 2 heteroatoms. The molecule has 2 nitrogen and oxygen atoms in total. The van der Waals surface area contributed by atoms with Crippen LogP contribution in [0.1, 0.15) is 105 Å². The Hall–Kier alpha value is -0.0800. The molecule has 4 saturated carbocycles. The van der Waals surface area contributed by atoms with E-state index in [1.54, 1.807) is 0 Å². The van der Waals surface area contributed by atoms with E-state index in [4.69, 9.17) is 0 Å². The minimum absolute atomic E-state index is 0.0243. The van der Waals surface area contributed by atoms with E-state index < -0.39 is 0 Å². The molecule has 0 bridgehead atoms. The fraction of sp³-hybridized carbons (Fsp3) is 1.00. The Morgan fingerprint density at radius 1 is 0.862 bits per heavy atom. The molecule has 0 saturated heterocycles. The van der Waals surface area contributed by atoms with Crippen molar-refractivity contribution in [3.8, 4) is 0 Å². The first-order valence-electron chi connectivity index (χ1n) is 13.1. The molecule has 4 aliphatic carbocycles. The summed E-state index contributed by atoms with van der Waals surface area (Å²) in [7, 11) is 0. The topological polar surface area (TPSA) is 40.5 Å². The molecule has 29 heavy (non-hydrogen) atoms. The van der Waals surface area contributed by atoms with Crippen molar-refractivity contribution in [1.29, 1.82) is 0 Å². The standard InChI is InChI=1S/C27H48O2/c1-18(17-28)6-5-7-19(2)23-10-11-24-22-9-8-20-16-21(29)12-14-26(20,3)25(22)13-15-27(23,24)4/h18-25,28-29H,5-17H2,1-4H3/t18-,19-,20+,21-,22+,23-,24+,25+,26+,27-/m1/s1. The SMILES string of the molecule is C[C@@H](CO)CCC[C@@H](C)[C@H]1CC[C@H]2[C@@H]3CC[C@H]4C[C@H](O)CC[C@]4(C)[C@H]3CC[C@]12C. The van der Waals surface area contributed by atoms with Crippen molar-refractivity contribution < 1.29 is 10.2 Å². The van der Waals surface area contributed by atoms with Crippen LogP contribution in [0.25, 0.3) is 0 Å². The first-order chi connectivity index (χ1) is 13.8. The second-order valence-corrected chi connectivity index (χ2v) is 12.5. The lowest BCUT2D eigenvalue weighted by molar-refractivity contribution is -0.129. The summed E-state index contributed by atoms with van der Waals surface area (Å²) in [6, 6.07) is 0. The molecule has 4 aliphatic rings. The van der Waals surface area contributed by atoms with Gasteiger partial charge in [-0.15, -0.1) is 0 Å². The van der Waals surface area contributed by atoms with E-state index in [0.717, 1.165) is 48.3 Å². The van der Waals surface area contributed by atoms with Crippen LogP contribution in [-0.2, 0) is 0 Å². The number of rotatable bonds is 6. The summed E-state index contributed by atoms with van der Waals surface area (Å²) in [6.07, 6.45) is 15.8. The van der Waals surface area contributed by atoms with Crippen LogP contribution in [0.2, 0.25) is 0 Å². The van der Waals surface area contributed by atoms with Gasteiger partial charge in [0.25, 0.3) is 0 Å². The van der Waals surface area contributed by atoms with E-state index >= 15 is 0 Å². The summed E-state index contributed by atoms with van der Waals surface area (Å²) in [5.41, 5.74) is 1.08. The highest BCUT2D eigenvalue weighted by Crippen LogP contribution is 2.68. The van der Waals surface area contributed by atoms with Crippen LogP contribution in [0.5, 0.6) is 0 Å². The summed E-state index contributed by atoms with van der Waals surface area (Å²) in [5.74, 6) is 5.83. The first-order valence-corrected chi connectivity index (χ1v) is 13.1. The van der Waals surface area contributed by atoms with Crippen molar-refractivity contribution in [2.75, 3.05) is 6.61 Å². The Labute approximate surface area is 180 Å². The largest absolute Gasteiger partial charge is 0.396 e. The molecule has 2 N–H and O–H groups in total. The van der Waals surface area contributed by atoms with Gasteiger partial charge in [-0.3, -0.25) is 0 Å². The predicted molar refractivity (Wildman–Crippen MR) is 120 cm³/mol. The molecule has 0 unspecified atom stereocenters. The Kier molecular flexibility index (Phi) is 6.45. The number of aliphatic hydroxyl groups is 2. The van der Waals surface area contributed by atoms with Crippen LogP contribution >= 0.6 is 0 Å². The van der Waals surface area contributed by atoms with Crippen LogP contribution in [0, 0.1) is 52.3 Å². The third-order valence-electron chi connectivity index (χ3n) is 11.1. The van der Waals surface area contributed by atoms with E-state index in [2.05, 4.69) is 27.7 Å². The monoisotopic (exact) mass is 404 g/mol. The summed E-state index contributed by atoms with van der Waals surface area (Å²) < 4.78 is 0. The number of fused-ring (bicyclic) bond motifs is 5. The van der Waals surface area contributed by atoms with Gasteiger partial charge in [-0.1, -0.05) is 40.5 Å². The van der Waals surface area contributed by atoms with Crippen molar-refractivity contribution in [3.05, 3.63) is 0 Å². The van der Waals surface area contributed by atoms with E-state index in [0.29, 0.717) is 23.4 Å². The molecule has 0 aliphatic heterocycles. The molecular weight excluding hydrogens is 356 g/mol. The minimum Gasteiger partial charge on any atom is -0.396 e. The second-order valence-electron chi connectivity index (χ2n) is 12.5. The summed E-state index contributed by atoms with van der Waals surface area (Å²) >= 11 is 0. The fourth-order valence-electron chi connectivity index (χ4n) is 9.29. The first kappa shape index (κ1) is 22.1. The third kappa shape index (κ3) is 3.84. The molecule has 0 spiro atoms. The quantitative estimate of drug-likeness (QED) is 0.534. The predicted octanol–water partition coefficient (Wildman–Crippen LogP) is 6.44. The maximum atomic E-state index is 10.3. The average molecular weight is 405 g/mol. The van der Waals surface area contributed by atoms with E-state index in [1.165, 1.54) is 64.2 Å². The molecule has 0 radical (unpaired) electrons. The van der Waals surface area contributed by atoms with Crippen LogP contribution in [0.15, 0.2) is 0 Å². The van der Waals surface area contributed by atoms with Gasteiger partial charge in [0.15, 0.2) is 0 Å². The van der Waals surface area contributed by atoms with Gasteiger partial charge in [0.05, 0.1) is 6.10 Å². The Morgan fingerprint density at radius 3 is 2.34 bits per heavy atom. The van der Waals surface area contributed by atoms with Crippen LogP contribution in [-0.4, -0.2) is 22.9 Å². The smallest absolute Gasteiger partial charge is 0.0543 e. The highest BCUT2D eigenvalue weighted by molar-refractivity contribution is 5.09. The lowest BCUT2D eigenvalue weighted by Gasteiger charge is -2.61.